The normalized spacial score (nSPS) is 12.5. The lowest BCUT2D eigenvalue weighted by molar-refractivity contribution is 0.731. The molecule has 0 aliphatic carbocycles. The maximum absolute atomic E-state index is 5.90. The van der Waals surface area contributed by atoms with E-state index in [-0.39, 0.29) is 6.04 Å². The predicted molar refractivity (Wildman–Crippen MR) is 61.4 cm³/mol. The van der Waals surface area contributed by atoms with Gasteiger partial charge in [-0.3, -0.25) is 0 Å². The van der Waals surface area contributed by atoms with Crippen molar-refractivity contribution in [2.45, 2.75) is 12.5 Å². The maximum atomic E-state index is 5.90. The largest absolute Gasteiger partial charge is 0.324 e. The smallest absolute Gasteiger partial charge is 0.112 e. The van der Waals surface area contributed by atoms with E-state index in [1.807, 2.05) is 12.1 Å². The summed E-state index contributed by atoms with van der Waals surface area (Å²) < 4.78 is 1.59. The van der Waals surface area contributed by atoms with Crippen LogP contribution < -0.4 is 5.73 Å². The van der Waals surface area contributed by atoms with Crippen molar-refractivity contribution in [3.8, 4) is 0 Å². The second-order valence-corrected chi connectivity index (χ2v) is 4.21. The maximum Gasteiger partial charge on any atom is 0.112 e. The van der Waals surface area contributed by atoms with Gasteiger partial charge in [0, 0.05) is 11.6 Å². The molecular formula is C9H10Br2N2. The molecule has 0 aliphatic heterocycles. The molecule has 13 heavy (non-hydrogen) atoms. The predicted octanol–water partition coefficient (Wildman–Crippen LogP) is 3.18. The second-order valence-electron chi connectivity index (χ2n) is 2.64. The van der Waals surface area contributed by atoms with Crippen molar-refractivity contribution >= 4 is 31.9 Å². The van der Waals surface area contributed by atoms with Gasteiger partial charge < -0.3 is 5.73 Å². The summed E-state index contributed by atoms with van der Waals surface area (Å²) in [5.74, 6) is 0. The molecule has 0 spiro atoms. The molecule has 4 heteroatoms. The highest BCUT2D eigenvalue weighted by molar-refractivity contribution is 9.11. The first-order chi connectivity index (χ1) is 6.15. The van der Waals surface area contributed by atoms with Crippen molar-refractivity contribution in [1.82, 2.24) is 4.98 Å². The number of pyridine rings is 1. The molecule has 0 fully saturated rings. The molecule has 0 bridgehead atoms. The summed E-state index contributed by atoms with van der Waals surface area (Å²) in [6.45, 7) is 3.65. The Morgan fingerprint density at radius 3 is 2.77 bits per heavy atom. The molecule has 1 heterocycles. The Kier molecular flexibility index (Phi) is 4.09. The first kappa shape index (κ1) is 10.9. The van der Waals surface area contributed by atoms with Crippen LogP contribution >= 0.6 is 31.9 Å². The topological polar surface area (TPSA) is 38.9 Å². The first-order valence-electron chi connectivity index (χ1n) is 3.83. The fourth-order valence-corrected chi connectivity index (χ4v) is 2.17. The highest BCUT2D eigenvalue weighted by atomic mass is 79.9. The van der Waals surface area contributed by atoms with Crippen LogP contribution in [0.15, 0.2) is 34.0 Å². The van der Waals surface area contributed by atoms with E-state index in [0.29, 0.717) is 0 Å². The van der Waals surface area contributed by atoms with E-state index >= 15 is 0 Å². The van der Waals surface area contributed by atoms with E-state index in [1.165, 1.54) is 0 Å². The van der Waals surface area contributed by atoms with Gasteiger partial charge in [-0.15, -0.1) is 6.58 Å². The molecule has 0 aliphatic rings. The van der Waals surface area contributed by atoms with Crippen LogP contribution in [-0.2, 0) is 0 Å². The number of aromatic nitrogens is 1. The molecule has 0 amide bonds. The molecule has 2 N–H and O–H groups in total. The van der Waals surface area contributed by atoms with Gasteiger partial charge in [-0.05, 0) is 44.3 Å². The average molecular weight is 306 g/mol. The van der Waals surface area contributed by atoms with Crippen LogP contribution in [-0.4, -0.2) is 4.98 Å². The zero-order valence-electron chi connectivity index (χ0n) is 7.00. The molecule has 0 unspecified atom stereocenters. The quantitative estimate of drug-likeness (QED) is 0.688. The van der Waals surface area contributed by atoms with Gasteiger partial charge in [-0.1, -0.05) is 12.1 Å². The fourth-order valence-electron chi connectivity index (χ4n) is 1.01. The van der Waals surface area contributed by atoms with Gasteiger partial charge in [-0.25, -0.2) is 4.98 Å². The Balaban J connectivity index is 2.94. The Hall–Kier alpha value is -0.190. The monoisotopic (exact) mass is 304 g/mol. The molecule has 0 saturated heterocycles. The molecule has 0 radical (unpaired) electrons. The highest BCUT2D eigenvalue weighted by Gasteiger charge is 2.09. The van der Waals surface area contributed by atoms with Crippen molar-refractivity contribution in [3.63, 3.8) is 0 Å². The van der Waals surface area contributed by atoms with E-state index in [0.717, 1.165) is 21.2 Å². The SMILES string of the molecule is C=CC[C@@H](N)c1ccc(Br)nc1Br. The lowest BCUT2D eigenvalue weighted by Gasteiger charge is -2.10. The minimum Gasteiger partial charge on any atom is -0.324 e. The number of hydrogen-bond acceptors (Lipinski definition) is 2. The van der Waals surface area contributed by atoms with Crippen molar-refractivity contribution < 1.29 is 0 Å². The van der Waals surface area contributed by atoms with Crippen molar-refractivity contribution in [2.24, 2.45) is 5.73 Å². The molecule has 0 saturated carbocycles. The van der Waals surface area contributed by atoms with Crippen molar-refractivity contribution in [1.29, 1.82) is 0 Å². The summed E-state index contributed by atoms with van der Waals surface area (Å²) in [5.41, 5.74) is 6.90. The van der Waals surface area contributed by atoms with E-state index in [4.69, 9.17) is 5.73 Å². The lowest BCUT2D eigenvalue weighted by Crippen LogP contribution is -2.10. The number of nitrogens with two attached hydrogens (primary N) is 1. The van der Waals surface area contributed by atoms with Crippen molar-refractivity contribution in [2.75, 3.05) is 0 Å². The molecule has 2 nitrogen and oxygen atoms in total. The minimum absolute atomic E-state index is 0.0347. The van der Waals surface area contributed by atoms with Gasteiger partial charge >= 0.3 is 0 Å². The molecular weight excluding hydrogens is 296 g/mol. The number of halogens is 2. The van der Waals surface area contributed by atoms with Crippen LogP contribution in [0.2, 0.25) is 0 Å². The Morgan fingerprint density at radius 1 is 1.54 bits per heavy atom. The highest BCUT2D eigenvalue weighted by Crippen LogP contribution is 2.24. The molecule has 1 aromatic heterocycles. The Bertz CT molecular complexity index is 312. The summed E-state index contributed by atoms with van der Waals surface area (Å²) in [7, 11) is 0. The minimum atomic E-state index is -0.0347. The number of hydrogen-bond donors (Lipinski definition) is 1. The molecule has 1 aromatic rings. The van der Waals surface area contributed by atoms with Gasteiger partial charge in [0.15, 0.2) is 0 Å². The third-order valence-electron chi connectivity index (χ3n) is 1.66. The lowest BCUT2D eigenvalue weighted by atomic mass is 10.1. The summed E-state index contributed by atoms with van der Waals surface area (Å²) in [6.07, 6.45) is 2.56. The zero-order chi connectivity index (χ0) is 9.84. The van der Waals surface area contributed by atoms with Gasteiger partial charge in [0.05, 0.1) is 0 Å². The molecule has 70 valence electrons. The van der Waals surface area contributed by atoms with E-state index < -0.39 is 0 Å². The third kappa shape index (κ3) is 2.90. The second kappa shape index (κ2) is 4.88. The summed E-state index contributed by atoms with van der Waals surface area (Å²) >= 11 is 6.64. The van der Waals surface area contributed by atoms with Crippen LogP contribution in [0.25, 0.3) is 0 Å². The van der Waals surface area contributed by atoms with Crippen LogP contribution in [0.4, 0.5) is 0 Å². The van der Waals surface area contributed by atoms with Crippen LogP contribution in [0.5, 0.6) is 0 Å². The van der Waals surface area contributed by atoms with Crippen molar-refractivity contribution in [3.05, 3.63) is 39.6 Å². The summed E-state index contributed by atoms with van der Waals surface area (Å²) in [4.78, 5) is 4.20. The van der Waals surface area contributed by atoms with Gasteiger partial charge in [0.2, 0.25) is 0 Å². The molecule has 0 aromatic carbocycles. The molecule has 1 atom stereocenters. The standard InChI is InChI=1S/C9H10Br2N2/c1-2-3-7(12)6-4-5-8(10)13-9(6)11/h2,4-5,7H,1,3,12H2/t7-/m1/s1. The first-order valence-corrected chi connectivity index (χ1v) is 5.42. The number of nitrogens with zero attached hydrogens (tertiary/aromatic N) is 1. The van der Waals surface area contributed by atoms with Gasteiger partial charge in [0.1, 0.15) is 9.21 Å². The zero-order valence-corrected chi connectivity index (χ0v) is 10.2. The average Bonchev–Trinajstić information content (AvgIpc) is 2.04. The van der Waals surface area contributed by atoms with Crippen LogP contribution in [0, 0.1) is 0 Å². The Morgan fingerprint density at radius 2 is 2.23 bits per heavy atom. The third-order valence-corrected chi connectivity index (χ3v) is 2.74. The van der Waals surface area contributed by atoms with Crippen LogP contribution in [0.3, 0.4) is 0 Å². The number of rotatable bonds is 3. The summed E-state index contributed by atoms with van der Waals surface area (Å²) in [6, 6.07) is 3.80. The van der Waals surface area contributed by atoms with Gasteiger partial charge in [-0.2, -0.15) is 0 Å². The van der Waals surface area contributed by atoms with Crippen LogP contribution in [0.1, 0.15) is 18.0 Å². The molecule has 1 rings (SSSR count). The summed E-state index contributed by atoms with van der Waals surface area (Å²) in [5, 5.41) is 0. The van der Waals surface area contributed by atoms with Gasteiger partial charge in [0.25, 0.3) is 0 Å². The van der Waals surface area contributed by atoms with E-state index in [1.54, 1.807) is 6.08 Å². The Labute approximate surface area is 94.5 Å². The fraction of sp³-hybridized carbons (Fsp3) is 0.222. The van der Waals surface area contributed by atoms with E-state index in [2.05, 4.69) is 43.4 Å². The van der Waals surface area contributed by atoms with E-state index in [9.17, 15) is 0 Å².